The average Bonchev–Trinajstić information content (AvgIpc) is 2.73. The maximum absolute atomic E-state index is 13.7. The van der Waals surface area contributed by atoms with Gasteiger partial charge in [-0.25, -0.2) is 14.0 Å². The average molecular weight is 457 g/mol. The van der Waals surface area contributed by atoms with Crippen molar-refractivity contribution < 1.29 is 23.5 Å². The van der Waals surface area contributed by atoms with Gasteiger partial charge >= 0.3 is 11.9 Å². The van der Waals surface area contributed by atoms with Crippen molar-refractivity contribution >= 4 is 17.6 Å². The van der Waals surface area contributed by atoms with E-state index in [1.165, 1.54) is 19.1 Å². The highest BCUT2D eigenvalue weighted by molar-refractivity contribution is 5.85. The first kappa shape index (κ1) is 24.7. The Morgan fingerprint density at radius 1 is 1.12 bits per heavy atom. The number of halogens is 1. The first-order valence-corrected chi connectivity index (χ1v) is 11.3. The molecule has 0 amide bonds. The van der Waals surface area contributed by atoms with Gasteiger partial charge in [0.25, 0.3) is 0 Å². The molecule has 1 aliphatic rings. The van der Waals surface area contributed by atoms with E-state index in [1.54, 1.807) is 26.8 Å². The summed E-state index contributed by atoms with van der Waals surface area (Å²) in [6, 6.07) is 13.9. The molecule has 0 radical (unpaired) electrons. The highest BCUT2D eigenvalue weighted by Gasteiger charge is 2.36. The smallest absolute Gasteiger partial charge is 0.347 e. The lowest BCUT2D eigenvalue weighted by atomic mass is 10.1. The van der Waals surface area contributed by atoms with Crippen LogP contribution in [0, 0.1) is 12.7 Å². The predicted molar refractivity (Wildman–Crippen MR) is 125 cm³/mol. The summed E-state index contributed by atoms with van der Waals surface area (Å²) in [4.78, 5) is 29.8. The molecule has 0 saturated carbocycles. The van der Waals surface area contributed by atoms with Crippen LogP contribution in [0.2, 0.25) is 0 Å². The molecule has 2 aromatic carbocycles. The molecule has 0 bridgehead atoms. The van der Waals surface area contributed by atoms with E-state index in [1.807, 2.05) is 30.0 Å². The Kier molecular flexibility index (Phi) is 7.74. The number of benzene rings is 2. The number of hydrogen-bond acceptors (Lipinski definition) is 6. The number of carbonyl (C=O) groups excluding carboxylic acids is 2. The molecule has 2 atom stereocenters. The van der Waals surface area contributed by atoms with Crippen molar-refractivity contribution in [3.05, 3.63) is 65.5 Å². The fourth-order valence-corrected chi connectivity index (χ4v) is 3.94. The Morgan fingerprint density at radius 3 is 2.45 bits per heavy atom. The van der Waals surface area contributed by atoms with Crippen LogP contribution < -0.4 is 4.90 Å². The quantitative estimate of drug-likeness (QED) is 0.610. The Hall–Kier alpha value is -2.93. The summed E-state index contributed by atoms with van der Waals surface area (Å²) in [5.74, 6) is -1.41. The second kappa shape index (κ2) is 10.3. The molecule has 1 unspecified atom stereocenters. The first-order chi connectivity index (χ1) is 15.5. The number of hydrogen-bond donors (Lipinski definition) is 0. The van der Waals surface area contributed by atoms with Crippen molar-refractivity contribution in [1.29, 1.82) is 0 Å². The molecule has 1 saturated heterocycles. The maximum Gasteiger partial charge on any atom is 0.347 e. The zero-order valence-corrected chi connectivity index (χ0v) is 20.0. The first-order valence-electron chi connectivity index (χ1n) is 11.3. The molecule has 2 aromatic rings. The summed E-state index contributed by atoms with van der Waals surface area (Å²) in [6.45, 7) is 11.1. The van der Waals surface area contributed by atoms with Crippen LogP contribution in [-0.4, -0.2) is 54.2 Å². The van der Waals surface area contributed by atoms with Gasteiger partial charge in [-0.3, -0.25) is 4.90 Å². The summed E-state index contributed by atoms with van der Waals surface area (Å²) in [5, 5.41) is 0. The van der Waals surface area contributed by atoms with Gasteiger partial charge in [0, 0.05) is 31.9 Å². The Labute approximate surface area is 195 Å². The molecular weight excluding hydrogens is 423 g/mol. The van der Waals surface area contributed by atoms with E-state index in [0.29, 0.717) is 19.6 Å². The zero-order valence-electron chi connectivity index (χ0n) is 20.0. The van der Waals surface area contributed by atoms with Gasteiger partial charge in [0.2, 0.25) is 0 Å². The molecule has 0 spiro atoms. The third-order valence-electron chi connectivity index (χ3n) is 5.49. The standard InChI is InChI=1S/C26H33FN2O4/c1-18-15-21(27)11-12-22(18)29-14-13-28(16-20-9-7-6-8-10-20)17-23(29)25(31)32-19(2)24(30)33-26(3,4)5/h6-12,15,19,23H,13-14,16-17H2,1-5H3/t19-,23?/m0/s1. The number of aryl methyl sites for hydroxylation is 1. The summed E-state index contributed by atoms with van der Waals surface area (Å²) >= 11 is 0. The summed E-state index contributed by atoms with van der Waals surface area (Å²) in [6.07, 6.45) is -1.03. The number of ether oxygens (including phenoxy) is 2. The van der Waals surface area contributed by atoms with Gasteiger partial charge in [0.05, 0.1) is 0 Å². The minimum Gasteiger partial charge on any atom is -0.457 e. The largest absolute Gasteiger partial charge is 0.457 e. The minimum atomic E-state index is -1.03. The molecule has 1 fully saturated rings. The van der Waals surface area contributed by atoms with E-state index < -0.39 is 29.7 Å². The van der Waals surface area contributed by atoms with Gasteiger partial charge in [-0.1, -0.05) is 30.3 Å². The van der Waals surface area contributed by atoms with Gasteiger partial charge in [-0.2, -0.15) is 0 Å². The molecule has 0 aliphatic carbocycles. The van der Waals surface area contributed by atoms with Crippen LogP contribution in [0.1, 0.15) is 38.8 Å². The van der Waals surface area contributed by atoms with Crippen molar-refractivity contribution in [3.63, 3.8) is 0 Å². The third kappa shape index (κ3) is 6.78. The lowest BCUT2D eigenvalue weighted by Crippen LogP contribution is -2.57. The molecule has 0 N–H and O–H groups in total. The van der Waals surface area contributed by atoms with Crippen LogP contribution in [0.3, 0.4) is 0 Å². The van der Waals surface area contributed by atoms with Crippen LogP contribution in [0.25, 0.3) is 0 Å². The Morgan fingerprint density at radius 2 is 1.82 bits per heavy atom. The normalized spacial score (nSPS) is 18.0. The number of nitrogens with zero attached hydrogens (tertiary/aromatic N) is 2. The molecule has 0 aromatic heterocycles. The van der Waals surface area contributed by atoms with Crippen molar-refractivity contribution in [3.8, 4) is 0 Å². The zero-order chi connectivity index (χ0) is 24.2. The van der Waals surface area contributed by atoms with Crippen molar-refractivity contribution in [2.24, 2.45) is 0 Å². The predicted octanol–water partition coefficient (Wildman–Crippen LogP) is 4.10. The van der Waals surface area contributed by atoms with E-state index in [4.69, 9.17) is 9.47 Å². The lowest BCUT2D eigenvalue weighted by Gasteiger charge is -2.42. The summed E-state index contributed by atoms with van der Waals surface area (Å²) < 4.78 is 24.6. The fourth-order valence-electron chi connectivity index (χ4n) is 3.94. The molecule has 3 rings (SSSR count). The van der Waals surface area contributed by atoms with E-state index in [-0.39, 0.29) is 5.82 Å². The molecule has 178 valence electrons. The van der Waals surface area contributed by atoms with Gasteiger partial charge in [0.1, 0.15) is 17.5 Å². The van der Waals surface area contributed by atoms with E-state index in [9.17, 15) is 14.0 Å². The van der Waals surface area contributed by atoms with Crippen LogP contribution in [0.5, 0.6) is 0 Å². The fraction of sp³-hybridized carbons (Fsp3) is 0.462. The molecule has 6 nitrogen and oxygen atoms in total. The second-order valence-corrected chi connectivity index (χ2v) is 9.47. The van der Waals surface area contributed by atoms with Gasteiger partial charge in [0.15, 0.2) is 6.10 Å². The van der Waals surface area contributed by atoms with Crippen molar-refractivity contribution in [2.75, 3.05) is 24.5 Å². The van der Waals surface area contributed by atoms with Crippen LogP contribution >= 0.6 is 0 Å². The third-order valence-corrected chi connectivity index (χ3v) is 5.49. The highest BCUT2D eigenvalue weighted by atomic mass is 19.1. The minimum absolute atomic E-state index is 0.323. The highest BCUT2D eigenvalue weighted by Crippen LogP contribution is 2.27. The Bertz CT molecular complexity index is 974. The van der Waals surface area contributed by atoms with Crippen LogP contribution in [-0.2, 0) is 25.6 Å². The molecule has 33 heavy (non-hydrogen) atoms. The maximum atomic E-state index is 13.7. The monoisotopic (exact) mass is 456 g/mol. The topological polar surface area (TPSA) is 59.1 Å². The van der Waals surface area contributed by atoms with E-state index >= 15 is 0 Å². The van der Waals surface area contributed by atoms with Gasteiger partial charge < -0.3 is 14.4 Å². The van der Waals surface area contributed by atoms with E-state index in [0.717, 1.165) is 23.4 Å². The number of esters is 2. The second-order valence-electron chi connectivity index (χ2n) is 9.47. The molecule has 1 aliphatic heterocycles. The van der Waals surface area contributed by atoms with Crippen LogP contribution in [0.15, 0.2) is 48.5 Å². The van der Waals surface area contributed by atoms with Crippen LogP contribution in [0.4, 0.5) is 10.1 Å². The molecular formula is C26H33FN2O4. The number of piperazine rings is 1. The number of anilines is 1. The van der Waals surface area contributed by atoms with Crippen molar-refractivity contribution in [1.82, 2.24) is 4.90 Å². The van der Waals surface area contributed by atoms with Crippen molar-refractivity contribution in [2.45, 2.75) is 58.9 Å². The SMILES string of the molecule is Cc1cc(F)ccc1N1CCN(Cc2ccccc2)CC1C(=O)O[C@@H](C)C(=O)OC(C)(C)C. The number of rotatable bonds is 6. The summed E-state index contributed by atoms with van der Waals surface area (Å²) in [5.41, 5.74) is 2.00. The lowest BCUT2D eigenvalue weighted by molar-refractivity contribution is -0.175. The Balaban J connectivity index is 1.80. The molecule has 1 heterocycles. The summed E-state index contributed by atoms with van der Waals surface area (Å²) in [7, 11) is 0. The van der Waals surface area contributed by atoms with Gasteiger partial charge in [-0.05, 0) is 63.9 Å². The number of carbonyl (C=O) groups is 2. The van der Waals surface area contributed by atoms with E-state index in [2.05, 4.69) is 17.0 Å². The molecule has 7 heteroatoms. The van der Waals surface area contributed by atoms with Gasteiger partial charge in [-0.15, -0.1) is 0 Å².